The average molecular weight is 227 g/mol. The van der Waals surface area contributed by atoms with Crippen LogP contribution < -0.4 is 5.32 Å². The summed E-state index contributed by atoms with van der Waals surface area (Å²) >= 11 is 3.44. The Kier molecular flexibility index (Phi) is 3.67. The van der Waals surface area contributed by atoms with Gasteiger partial charge in [0, 0.05) is 18.0 Å². The minimum atomic E-state index is 0.680. The van der Waals surface area contributed by atoms with E-state index in [0.29, 0.717) is 5.25 Å². The molecule has 14 heavy (non-hydrogen) atoms. The lowest BCUT2D eigenvalue weighted by atomic mass is 10.4. The molecule has 2 heterocycles. The van der Waals surface area contributed by atoms with Crippen molar-refractivity contribution in [2.45, 2.75) is 21.9 Å². The molecule has 0 unspecified atom stereocenters. The van der Waals surface area contributed by atoms with Gasteiger partial charge in [0.25, 0.3) is 0 Å². The van der Waals surface area contributed by atoms with Crippen molar-refractivity contribution in [3.05, 3.63) is 12.3 Å². The van der Waals surface area contributed by atoms with Crippen LogP contribution >= 0.6 is 23.5 Å². The van der Waals surface area contributed by atoms with Crippen LogP contribution in [-0.4, -0.2) is 34.6 Å². The van der Waals surface area contributed by atoms with Gasteiger partial charge in [-0.25, -0.2) is 9.97 Å². The fourth-order valence-corrected chi connectivity index (χ4v) is 2.86. The zero-order chi connectivity index (χ0) is 9.80. The largest absolute Gasteiger partial charge is 0.316 e. The molecular weight excluding hydrogens is 214 g/mol. The Morgan fingerprint density at radius 3 is 3.21 bits per heavy atom. The molecule has 1 aliphatic rings. The molecule has 1 fully saturated rings. The number of hydrogen-bond donors (Lipinski definition) is 1. The minimum absolute atomic E-state index is 0.680. The molecule has 5 heteroatoms. The first-order valence-electron chi connectivity index (χ1n) is 4.63. The molecule has 0 saturated carbocycles. The Hall–Kier alpha value is -0.260. The van der Waals surface area contributed by atoms with E-state index in [2.05, 4.69) is 15.3 Å². The molecule has 1 saturated heterocycles. The van der Waals surface area contributed by atoms with Crippen molar-refractivity contribution in [2.24, 2.45) is 0 Å². The van der Waals surface area contributed by atoms with Crippen LogP contribution in [0, 0.1) is 0 Å². The smallest absolute Gasteiger partial charge is 0.188 e. The summed E-state index contributed by atoms with van der Waals surface area (Å²) in [6, 6.07) is 1.99. The highest BCUT2D eigenvalue weighted by Gasteiger charge is 2.16. The van der Waals surface area contributed by atoms with E-state index in [1.165, 1.54) is 6.42 Å². The quantitative estimate of drug-likeness (QED) is 0.483. The molecule has 2 rings (SSSR count). The molecule has 3 nitrogen and oxygen atoms in total. The van der Waals surface area contributed by atoms with Crippen LogP contribution in [0.25, 0.3) is 0 Å². The zero-order valence-corrected chi connectivity index (χ0v) is 9.70. The van der Waals surface area contributed by atoms with E-state index in [1.807, 2.05) is 30.3 Å². The zero-order valence-electron chi connectivity index (χ0n) is 8.06. The fourth-order valence-electron chi connectivity index (χ4n) is 1.39. The predicted octanol–water partition coefficient (Wildman–Crippen LogP) is 1.65. The van der Waals surface area contributed by atoms with E-state index in [9.17, 15) is 0 Å². The molecule has 0 aromatic carbocycles. The lowest BCUT2D eigenvalue weighted by Gasteiger charge is -2.06. The van der Waals surface area contributed by atoms with Gasteiger partial charge < -0.3 is 5.32 Å². The van der Waals surface area contributed by atoms with Gasteiger partial charge in [0.05, 0.1) is 0 Å². The molecule has 0 spiro atoms. The van der Waals surface area contributed by atoms with Crippen molar-refractivity contribution >= 4 is 23.5 Å². The summed E-state index contributed by atoms with van der Waals surface area (Å²) in [5, 5.41) is 5.99. The van der Waals surface area contributed by atoms with E-state index >= 15 is 0 Å². The summed E-state index contributed by atoms with van der Waals surface area (Å²) in [6.45, 7) is 2.24. The highest BCUT2D eigenvalue weighted by molar-refractivity contribution is 8.00. The summed E-state index contributed by atoms with van der Waals surface area (Å²) in [6.07, 6.45) is 5.08. The first-order valence-corrected chi connectivity index (χ1v) is 6.73. The van der Waals surface area contributed by atoms with Gasteiger partial charge in [0.1, 0.15) is 5.03 Å². The Bertz CT molecular complexity index is 300. The van der Waals surface area contributed by atoms with E-state index in [-0.39, 0.29) is 0 Å². The molecule has 0 radical (unpaired) electrons. The third-order valence-corrected chi connectivity index (χ3v) is 3.86. The molecule has 0 bridgehead atoms. The summed E-state index contributed by atoms with van der Waals surface area (Å²) in [4.78, 5) is 8.60. The first kappa shape index (κ1) is 10.3. The molecule has 1 atom stereocenters. The predicted molar refractivity (Wildman–Crippen MR) is 60.9 cm³/mol. The standard InChI is InChI=1S/C9H13N3S2/c1-13-9-11-5-3-8(12-9)14-7-2-4-10-6-7/h3,5,7,10H,2,4,6H2,1H3/t7-/m1/s1. The van der Waals surface area contributed by atoms with Crippen molar-refractivity contribution in [3.8, 4) is 0 Å². The number of thioether (sulfide) groups is 2. The van der Waals surface area contributed by atoms with E-state index < -0.39 is 0 Å². The van der Waals surface area contributed by atoms with Crippen LogP contribution in [0.4, 0.5) is 0 Å². The van der Waals surface area contributed by atoms with E-state index in [4.69, 9.17) is 0 Å². The lowest BCUT2D eigenvalue weighted by molar-refractivity contribution is 0.857. The van der Waals surface area contributed by atoms with Crippen LogP contribution in [0.3, 0.4) is 0 Å². The maximum atomic E-state index is 4.44. The van der Waals surface area contributed by atoms with Crippen molar-refractivity contribution in [1.29, 1.82) is 0 Å². The van der Waals surface area contributed by atoms with Crippen molar-refractivity contribution in [2.75, 3.05) is 19.3 Å². The van der Waals surface area contributed by atoms with Crippen molar-refractivity contribution < 1.29 is 0 Å². The van der Waals surface area contributed by atoms with Gasteiger partial charge in [-0.05, 0) is 25.3 Å². The second-order valence-corrected chi connectivity index (χ2v) is 5.21. The summed E-state index contributed by atoms with van der Waals surface area (Å²) < 4.78 is 0. The molecule has 1 N–H and O–H groups in total. The minimum Gasteiger partial charge on any atom is -0.316 e. The summed E-state index contributed by atoms with van der Waals surface area (Å²) in [5.74, 6) is 0. The Morgan fingerprint density at radius 1 is 1.57 bits per heavy atom. The van der Waals surface area contributed by atoms with Gasteiger partial charge in [-0.3, -0.25) is 0 Å². The molecule has 0 aliphatic carbocycles. The molecule has 0 amide bonds. The Labute approximate surface area is 92.5 Å². The second kappa shape index (κ2) is 5.00. The monoisotopic (exact) mass is 227 g/mol. The maximum absolute atomic E-state index is 4.44. The third kappa shape index (κ3) is 2.62. The molecular formula is C9H13N3S2. The molecule has 1 aromatic rings. The normalized spacial score (nSPS) is 21.4. The first-order chi connectivity index (χ1) is 6.88. The third-order valence-electron chi connectivity index (χ3n) is 2.09. The van der Waals surface area contributed by atoms with Crippen LogP contribution in [0.5, 0.6) is 0 Å². The van der Waals surface area contributed by atoms with Crippen LogP contribution in [0.2, 0.25) is 0 Å². The Balaban J connectivity index is 2.00. The van der Waals surface area contributed by atoms with E-state index in [1.54, 1.807) is 11.8 Å². The van der Waals surface area contributed by atoms with Gasteiger partial charge >= 0.3 is 0 Å². The number of nitrogens with zero attached hydrogens (tertiary/aromatic N) is 2. The molecule has 1 aromatic heterocycles. The van der Waals surface area contributed by atoms with Gasteiger partial charge in [-0.1, -0.05) is 11.8 Å². The average Bonchev–Trinajstić information content (AvgIpc) is 2.71. The summed E-state index contributed by atoms with van der Waals surface area (Å²) in [5.41, 5.74) is 0. The van der Waals surface area contributed by atoms with Crippen molar-refractivity contribution in [3.63, 3.8) is 0 Å². The topological polar surface area (TPSA) is 37.8 Å². The van der Waals surface area contributed by atoms with Gasteiger partial charge in [0.2, 0.25) is 0 Å². The lowest BCUT2D eigenvalue weighted by Crippen LogP contribution is -2.10. The van der Waals surface area contributed by atoms with Crippen LogP contribution in [-0.2, 0) is 0 Å². The van der Waals surface area contributed by atoms with Gasteiger partial charge in [-0.15, -0.1) is 11.8 Å². The SMILES string of the molecule is CSc1nccc(S[C@@H]2CCNC2)n1. The second-order valence-electron chi connectivity index (χ2n) is 3.11. The number of nitrogens with one attached hydrogen (secondary N) is 1. The highest BCUT2D eigenvalue weighted by Crippen LogP contribution is 2.25. The number of aromatic nitrogens is 2. The number of rotatable bonds is 3. The summed E-state index contributed by atoms with van der Waals surface area (Å²) in [7, 11) is 0. The van der Waals surface area contributed by atoms with Crippen LogP contribution in [0.15, 0.2) is 22.4 Å². The van der Waals surface area contributed by atoms with Gasteiger partial charge in [-0.2, -0.15) is 0 Å². The van der Waals surface area contributed by atoms with Gasteiger partial charge in [0.15, 0.2) is 5.16 Å². The molecule has 76 valence electrons. The Morgan fingerprint density at radius 2 is 2.50 bits per heavy atom. The van der Waals surface area contributed by atoms with E-state index in [0.717, 1.165) is 23.3 Å². The maximum Gasteiger partial charge on any atom is 0.188 e. The molecule has 1 aliphatic heterocycles. The number of hydrogen-bond acceptors (Lipinski definition) is 5. The fraction of sp³-hybridized carbons (Fsp3) is 0.556. The highest BCUT2D eigenvalue weighted by atomic mass is 32.2. The van der Waals surface area contributed by atoms with Crippen LogP contribution in [0.1, 0.15) is 6.42 Å². The van der Waals surface area contributed by atoms with Crippen molar-refractivity contribution in [1.82, 2.24) is 15.3 Å².